The highest BCUT2D eigenvalue weighted by molar-refractivity contribution is 9.10. The Balaban J connectivity index is 0.000000157. The number of hydrogen-bond donors (Lipinski definition) is 1. The van der Waals surface area contributed by atoms with Crippen LogP contribution in [0.5, 0.6) is 0 Å². The molecule has 2 aliphatic heterocycles. The fraction of sp³-hybridized carbons (Fsp3) is 0.204. The van der Waals surface area contributed by atoms with Gasteiger partial charge in [0.15, 0.2) is 17.1 Å². The Hall–Kier alpha value is -8.07. The van der Waals surface area contributed by atoms with Gasteiger partial charge in [0.25, 0.3) is 5.91 Å². The molecule has 5 amide bonds. The minimum atomic E-state index is -1.67. The number of hydrogen-bond acceptors (Lipinski definition) is 6. The van der Waals surface area contributed by atoms with E-state index in [1.807, 2.05) is 62.4 Å². The maximum Gasteiger partial charge on any atom is 0.336 e. The number of nitriles is 2. The molecule has 330 valence electrons. The molecule has 1 unspecified atom stereocenters. The van der Waals surface area contributed by atoms with E-state index in [0.29, 0.717) is 76.5 Å². The minimum absolute atomic E-state index is 0.156. The first-order valence-corrected chi connectivity index (χ1v) is 22.4. The Morgan fingerprint density at radius 2 is 1.04 bits per heavy atom. The van der Waals surface area contributed by atoms with Crippen LogP contribution in [0.2, 0.25) is 0 Å². The van der Waals surface area contributed by atoms with Gasteiger partial charge in [0.05, 0.1) is 42.1 Å². The highest BCUT2D eigenvalue weighted by atomic mass is 79.9. The lowest BCUT2D eigenvalue weighted by atomic mass is 9.66. The van der Waals surface area contributed by atoms with E-state index in [-0.39, 0.29) is 18.0 Å². The molecule has 1 atom stereocenters. The van der Waals surface area contributed by atoms with Crippen molar-refractivity contribution in [3.05, 3.63) is 201 Å². The summed E-state index contributed by atoms with van der Waals surface area (Å²) in [7, 11) is 0. The average molecular weight is 948 g/mol. The van der Waals surface area contributed by atoms with Crippen LogP contribution in [0.1, 0.15) is 66.3 Å². The molecule has 2 saturated heterocycles. The third kappa shape index (κ3) is 7.96. The molecule has 67 heavy (non-hydrogen) atoms. The van der Waals surface area contributed by atoms with Crippen LogP contribution >= 0.6 is 15.9 Å². The van der Waals surface area contributed by atoms with Gasteiger partial charge in [-0.3, -0.25) is 19.5 Å². The van der Waals surface area contributed by atoms with Gasteiger partial charge in [-0.25, -0.2) is 24.2 Å². The lowest BCUT2D eigenvalue weighted by Gasteiger charge is -2.52. The number of rotatable bonds is 5. The first-order chi connectivity index (χ1) is 32.3. The number of carbonyl (C=O) groups is 3. The number of aryl methyl sites for hydroxylation is 2. The Labute approximate surface area is 397 Å². The van der Waals surface area contributed by atoms with E-state index in [0.717, 1.165) is 28.4 Å². The average Bonchev–Trinajstić information content (AvgIpc) is 3.70. The Bertz CT molecular complexity index is 3050. The van der Waals surface area contributed by atoms with Crippen LogP contribution in [-0.2, 0) is 10.5 Å². The van der Waals surface area contributed by atoms with Gasteiger partial charge in [-0.1, -0.05) is 87.7 Å². The molecule has 4 fully saturated rings. The lowest BCUT2D eigenvalue weighted by Crippen LogP contribution is -2.63. The number of anilines is 4. The Morgan fingerprint density at radius 3 is 1.49 bits per heavy atom. The van der Waals surface area contributed by atoms with Crippen molar-refractivity contribution in [2.45, 2.75) is 69.2 Å². The summed E-state index contributed by atoms with van der Waals surface area (Å²) in [4.78, 5) is 53.2. The molecular formula is C54H43BrN8O4. The Kier molecular flexibility index (Phi) is 12.5. The largest absolute Gasteiger partial charge is 0.365 e. The summed E-state index contributed by atoms with van der Waals surface area (Å²) in [6.45, 7) is 18.0. The monoisotopic (exact) mass is 946 g/mol. The zero-order valence-electron chi connectivity index (χ0n) is 36.7. The van der Waals surface area contributed by atoms with Gasteiger partial charge in [0.1, 0.15) is 11.1 Å². The number of benzene rings is 6. The van der Waals surface area contributed by atoms with E-state index in [4.69, 9.17) is 18.4 Å². The third-order valence-corrected chi connectivity index (χ3v) is 13.5. The van der Waals surface area contributed by atoms with Gasteiger partial charge in [-0.05, 0) is 143 Å². The van der Waals surface area contributed by atoms with Crippen molar-refractivity contribution in [2.75, 3.05) is 19.6 Å². The summed E-state index contributed by atoms with van der Waals surface area (Å²) in [5.74, 6) is -0.156. The molecule has 0 aromatic heterocycles. The molecule has 12 nitrogen and oxygen atoms in total. The van der Waals surface area contributed by atoms with Crippen molar-refractivity contribution >= 4 is 68.0 Å². The molecule has 4 aliphatic rings. The number of halogens is 1. The van der Waals surface area contributed by atoms with Crippen molar-refractivity contribution in [3.8, 4) is 12.1 Å². The smallest absolute Gasteiger partial charge is 0.336 e. The second-order valence-corrected chi connectivity index (χ2v) is 17.8. The first kappa shape index (κ1) is 45.5. The fourth-order valence-electron chi connectivity index (χ4n) is 9.23. The van der Waals surface area contributed by atoms with E-state index in [9.17, 15) is 24.8 Å². The van der Waals surface area contributed by atoms with Gasteiger partial charge in [-0.2, -0.15) is 10.5 Å². The van der Waals surface area contributed by atoms with Crippen LogP contribution in [0.4, 0.5) is 43.7 Å². The van der Waals surface area contributed by atoms with Gasteiger partial charge in [-0.15, -0.1) is 0 Å². The van der Waals surface area contributed by atoms with Crippen LogP contribution in [0.15, 0.2) is 150 Å². The van der Waals surface area contributed by atoms with Crippen molar-refractivity contribution in [2.24, 2.45) is 0 Å². The number of urea groups is 2. The number of nitrogens with zero attached hydrogens (tertiary/aromatic N) is 8. The molecule has 10 rings (SSSR count). The predicted molar refractivity (Wildman–Crippen MR) is 261 cm³/mol. The fourth-order valence-corrected chi connectivity index (χ4v) is 9.61. The van der Waals surface area contributed by atoms with Gasteiger partial charge in [0.2, 0.25) is 0 Å². The zero-order chi connectivity index (χ0) is 47.5. The SMILES string of the molecule is Cc1ccc(N2C(=O)N(c3ccc(C#N)cc3)C3(CCC3)C2=O)cc1.[C-]#[N+]c1cccc(Br)c1.[C-]#[N+]c1cccc(C2(O)N(c3ccc(C)cc3)C(=O)N(c3ccc(C#N)cc3)C23CCC3)c1. The quantitative estimate of drug-likeness (QED) is 0.135. The second-order valence-electron chi connectivity index (χ2n) is 16.9. The Morgan fingerprint density at radius 1 is 0.582 bits per heavy atom. The highest BCUT2D eigenvalue weighted by Crippen LogP contribution is 2.59. The van der Waals surface area contributed by atoms with Gasteiger partial charge < -0.3 is 5.11 Å². The van der Waals surface area contributed by atoms with E-state index >= 15 is 0 Å². The van der Waals surface area contributed by atoms with E-state index in [2.05, 4.69) is 37.8 Å². The van der Waals surface area contributed by atoms with Crippen LogP contribution in [-0.4, -0.2) is 34.2 Å². The topological polar surface area (TPSA) is 141 Å². The summed E-state index contributed by atoms with van der Waals surface area (Å²) < 4.78 is 0.955. The maximum absolute atomic E-state index is 14.1. The molecule has 2 saturated carbocycles. The first-order valence-electron chi connectivity index (χ1n) is 21.6. The molecule has 2 spiro atoms. The van der Waals surface area contributed by atoms with Crippen molar-refractivity contribution in [3.63, 3.8) is 0 Å². The number of imide groups is 1. The molecule has 0 bridgehead atoms. The lowest BCUT2D eigenvalue weighted by molar-refractivity contribution is -0.123. The molecule has 2 heterocycles. The summed E-state index contributed by atoms with van der Waals surface area (Å²) in [5, 5.41) is 30.7. The summed E-state index contributed by atoms with van der Waals surface area (Å²) >= 11 is 3.26. The molecule has 6 aromatic carbocycles. The normalized spacial score (nSPS) is 18.3. The molecule has 1 N–H and O–H groups in total. The molecule has 6 aromatic rings. The number of aliphatic hydroxyl groups is 1. The van der Waals surface area contributed by atoms with Gasteiger partial charge >= 0.3 is 12.1 Å². The maximum atomic E-state index is 14.1. The van der Waals surface area contributed by atoms with Crippen LogP contribution < -0.4 is 19.6 Å². The van der Waals surface area contributed by atoms with E-state index in [1.165, 1.54) is 9.80 Å². The van der Waals surface area contributed by atoms with E-state index < -0.39 is 16.8 Å². The number of amides is 5. The van der Waals surface area contributed by atoms with Gasteiger partial charge in [0, 0.05) is 21.5 Å². The van der Waals surface area contributed by atoms with Crippen molar-refractivity contribution in [1.29, 1.82) is 10.5 Å². The van der Waals surface area contributed by atoms with Crippen molar-refractivity contribution < 1.29 is 19.5 Å². The van der Waals surface area contributed by atoms with Crippen molar-refractivity contribution in [1.82, 2.24) is 0 Å². The second kappa shape index (κ2) is 18.4. The number of carbonyl (C=O) groups excluding carboxylic acids is 3. The van der Waals surface area contributed by atoms with Crippen LogP contribution in [0.25, 0.3) is 9.69 Å². The third-order valence-electron chi connectivity index (χ3n) is 13.0. The minimum Gasteiger partial charge on any atom is -0.365 e. The summed E-state index contributed by atoms with van der Waals surface area (Å²) in [6.07, 6.45) is 4.35. The molecule has 0 radical (unpaired) electrons. The van der Waals surface area contributed by atoms with Crippen LogP contribution in [0, 0.1) is 49.7 Å². The summed E-state index contributed by atoms with van der Waals surface area (Å²) in [5.41, 5.74) is 3.87. The molecule has 2 aliphatic carbocycles. The summed E-state index contributed by atoms with van der Waals surface area (Å²) in [6, 6.07) is 46.3. The predicted octanol–water partition coefficient (Wildman–Crippen LogP) is 12.4. The molecular weight excluding hydrogens is 905 g/mol. The van der Waals surface area contributed by atoms with E-state index in [1.54, 1.807) is 107 Å². The van der Waals surface area contributed by atoms with Crippen LogP contribution in [0.3, 0.4) is 0 Å². The standard InChI is InChI=1S/C27H22N4O2.C20H17N3O2.C7H4BrN/c1-19-7-11-24(12-8-19)31-25(32)30(23-13-9-20(18-28)10-14-23)26(15-4-16-26)27(31,33)21-5-3-6-22(17-21)29-2;1-14-3-7-16(8-4-14)22-18(24)20(11-2-12-20)23(19(22)25)17-9-5-15(13-21)6-10-17;1-9-7-4-2-3-6(8)5-7/h3,5-14,17,33H,4,15-16H2,1H3;3-10H,2,11-12H2,1H3;2-5H. The zero-order valence-corrected chi connectivity index (χ0v) is 38.3. The molecule has 13 heteroatoms. The highest BCUT2D eigenvalue weighted by Gasteiger charge is 2.70.